The zero-order chi connectivity index (χ0) is 14.6. The van der Waals surface area contributed by atoms with Gasteiger partial charge < -0.3 is 4.48 Å². The van der Waals surface area contributed by atoms with Crippen molar-refractivity contribution in [1.29, 1.82) is 0 Å². The van der Waals surface area contributed by atoms with Crippen LogP contribution in [0.2, 0.25) is 0 Å². The summed E-state index contributed by atoms with van der Waals surface area (Å²) < 4.78 is 0.974. The van der Waals surface area contributed by atoms with Crippen molar-refractivity contribution in [2.45, 2.75) is 27.7 Å². The number of rotatable bonds is 3. The summed E-state index contributed by atoms with van der Waals surface area (Å²) in [6, 6.07) is 0. The summed E-state index contributed by atoms with van der Waals surface area (Å²) in [4.78, 5) is 16.1. The molecule has 19 heavy (non-hydrogen) atoms. The van der Waals surface area contributed by atoms with Crippen LogP contribution in [0.3, 0.4) is 0 Å². The highest BCUT2D eigenvalue weighted by Gasteiger charge is 2.08. The van der Waals surface area contributed by atoms with Gasteiger partial charge in [0.1, 0.15) is 0 Å². The Morgan fingerprint density at radius 3 is 2.53 bits per heavy atom. The molecule has 0 amide bonds. The van der Waals surface area contributed by atoms with Crippen molar-refractivity contribution in [3.63, 3.8) is 0 Å². The van der Waals surface area contributed by atoms with E-state index >= 15 is 0 Å². The molecule has 1 aromatic heterocycles. The van der Waals surface area contributed by atoms with Crippen molar-refractivity contribution >= 4 is 26.5 Å². The first kappa shape index (κ1) is 15.1. The summed E-state index contributed by atoms with van der Waals surface area (Å²) >= 11 is 0. The molecule has 0 bridgehead atoms. The molecular weight excluding hydrogens is 239 g/mol. The molecule has 1 rings (SSSR count). The maximum Gasteiger partial charge on any atom is 0.249 e. The molecule has 1 heterocycles. The van der Waals surface area contributed by atoms with E-state index in [4.69, 9.17) is 7.98 Å². The summed E-state index contributed by atoms with van der Waals surface area (Å²) in [5, 5.41) is 7.75. The minimum absolute atomic E-state index is 0.0712. The number of hydrogen-bond donors (Lipinski definition) is 0. The Balaban J connectivity index is 3.18. The summed E-state index contributed by atoms with van der Waals surface area (Å²) in [5.74, 6) is 0.412. The first-order valence-electron chi connectivity index (χ1n) is 5.85. The molecule has 2 radical (unpaired) electrons. The van der Waals surface area contributed by atoms with Crippen LogP contribution in [0, 0.1) is 12.3 Å². The Labute approximate surface area is 114 Å². The van der Waals surface area contributed by atoms with E-state index in [1.807, 2.05) is 20.8 Å². The van der Waals surface area contributed by atoms with Crippen LogP contribution in [-0.2, 0) is 0 Å². The van der Waals surface area contributed by atoms with Crippen molar-refractivity contribution in [3.05, 3.63) is 34.0 Å². The van der Waals surface area contributed by atoms with Gasteiger partial charge in [-0.05, 0) is 18.4 Å². The van der Waals surface area contributed by atoms with Gasteiger partial charge in [-0.1, -0.05) is 27.4 Å². The third-order valence-electron chi connectivity index (χ3n) is 2.25. The zero-order valence-electron chi connectivity index (χ0n) is 11.7. The molecule has 0 N–H and O–H groups in total. The molecule has 0 unspecified atom stereocenters. The fourth-order valence-corrected chi connectivity index (χ4v) is 1.25. The van der Waals surface area contributed by atoms with Gasteiger partial charge in [-0.25, -0.2) is 4.98 Å². The van der Waals surface area contributed by atoms with Crippen molar-refractivity contribution in [2.75, 3.05) is 0 Å². The van der Waals surface area contributed by atoms with Crippen LogP contribution in [0.5, 0.6) is 0 Å². The monoisotopic (exact) mass is 256 g/mol. The molecule has 0 saturated heterocycles. The lowest BCUT2D eigenvalue weighted by molar-refractivity contribution is 0.605. The maximum absolute atomic E-state index is 12.0. The van der Waals surface area contributed by atoms with Crippen LogP contribution in [0.15, 0.2) is 21.6 Å². The maximum atomic E-state index is 12.0. The Morgan fingerprint density at radius 2 is 2.00 bits per heavy atom. The van der Waals surface area contributed by atoms with Crippen LogP contribution in [-0.4, -0.2) is 29.9 Å². The van der Waals surface area contributed by atoms with Crippen LogP contribution < -0.4 is 5.56 Å². The van der Waals surface area contributed by atoms with Crippen LogP contribution in [0.25, 0.3) is 6.08 Å². The summed E-state index contributed by atoms with van der Waals surface area (Å²) in [6.07, 6.45) is 4.53. The van der Waals surface area contributed by atoms with E-state index in [0.29, 0.717) is 11.5 Å². The molecule has 0 aliphatic rings. The first-order chi connectivity index (χ1) is 8.76. The highest BCUT2D eigenvalue weighted by Crippen LogP contribution is 2.08. The molecule has 0 spiro atoms. The molecule has 0 atom stereocenters. The van der Waals surface area contributed by atoms with Gasteiger partial charge in [-0.2, -0.15) is 10.2 Å². The predicted octanol–water partition coefficient (Wildman–Crippen LogP) is 1.58. The van der Waals surface area contributed by atoms with Gasteiger partial charge in [-0.3, -0.25) is 4.79 Å². The topological polar surface area (TPSA) is 59.6 Å². The second-order valence-corrected chi connectivity index (χ2v) is 5.19. The Hall–Kier alpha value is -1.98. The van der Waals surface area contributed by atoms with E-state index in [9.17, 15) is 4.79 Å². The van der Waals surface area contributed by atoms with Crippen molar-refractivity contribution < 1.29 is 0 Å². The second-order valence-electron chi connectivity index (χ2n) is 5.19. The van der Waals surface area contributed by atoms with E-state index < -0.39 is 0 Å². The van der Waals surface area contributed by atoms with Crippen LogP contribution >= 0.6 is 0 Å². The summed E-state index contributed by atoms with van der Waals surface area (Å²) in [7, 11) is 5.59. The average molecular weight is 256 g/mol. The fourth-order valence-electron chi connectivity index (χ4n) is 1.25. The van der Waals surface area contributed by atoms with E-state index in [-0.39, 0.29) is 16.5 Å². The van der Waals surface area contributed by atoms with Gasteiger partial charge in [0.25, 0.3) is 0 Å². The van der Waals surface area contributed by atoms with E-state index in [1.54, 1.807) is 13.1 Å². The molecule has 0 aliphatic carbocycles. The third kappa shape index (κ3) is 4.01. The summed E-state index contributed by atoms with van der Waals surface area (Å²) in [5.41, 5.74) is 0.267. The quantitative estimate of drug-likeness (QED) is 0.468. The average Bonchev–Trinajstić information content (AvgIpc) is 2.32. The lowest BCUT2D eigenvalue weighted by Crippen LogP contribution is -2.27. The van der Waals surface area contributed by atoms with Crippen molar-refractivity contribution in [2.24, 2.45) is 15.6 Å². The molecule has 1 aromatic rings. The predicted molar refractivity (Wildman–Crippen MR) is 80.0 cm³/mol. The molecule has 0 aromatic carbocycles. The Bertz CT molecular complexity index is 594. The SMILES string of the molecule is [B]n1c(C)nc(C=C)c(/C=N\N=C\C(C)(C)C)c1=O. The molecule has 6 heteroatoms. The van der Waals surface area contributed by atoms with E-state index in [1.165, 1.54) is 12.3 Å². The van der Waals surface area contributed by atoms with Gasteiger partial charge in [0.05, 0.1) is 23.3 Å². The van der Waals surface area contributed by atoms with Gasteiger partial charge in [0.15, 0.2) is 0 Å². The normalized spacial score (nSPS) is 12.4. The summed E-state index contributed by atoms with van der Waals surface area (Å²) in [6.45, 7) is 11.3. The third-order valence-corrected chi connectivity index (χ3v) is 2.25. The number of aryl methyl sites for hydroxylation is 1. The lowest BCUT2D eigenvalue weighted by atomic mass is 9.99. The number of nitrogens with zero attached hydrogens (tertiary/aromatic N) is 4. The smallest absolute Gasteiger partial charge is 0.249 e. The molecule has 0 saturated carbocycles. The van der Waals surface area contributed by atoms with Crippen LogP contribution in [0.4, 0.5) is 0 Å². The second kappa shape index (κ2) is 5.78. The largest absolute Gasteiger partial charge is 0.354 e. The molecule has 0 fully saturated rings. The van der Waals surface area contributed by atoms with Gasteiger partial charge in [0.2, 0.25) is 13.5 Å². The van der Waals surface area contributed by atoms with Gasteiger partial charge >= 0.3 is 0 Å². The molecule has 98 valence electrons. The minimum Gasteiger partial charge on any atom is -0.354 e. The lowest BCUT2D eigenvalue weighted by Gasteiger charge is -2.08. The first-order valence-corrected chi connectivity index (χ1v) is 5.85. The van der Waals surface area contributed by atoms with E-state index in [2.05, 4.69) is 21.8 Å². The van der Waals surface area contributed by atoms with E-state index in [0.717, 1.165) is 4.48 Å². The van der Waals surface area contributed by atoms with Gasteiger partial charge in [0, 0.05) is 6.21 Å². The van der Waals surface area contributed by atoms with Crippen molar-refractivity contribution in [1.82, 2.24) is 9.46 Å². The van der Waals surface area contributed by atoms with Gasteiger partial charge in [-0.15, -0.1) is 0 Å². The van der Waals surface area contributed by atoms with Crippen molar-refractivity contribution in [3.8, 4) is 0 Å². The van der Waals surface area contributed by atoms with Crippen LogP contribution in [0.1, 0.15) is 37.9 Å². The standard InChI is InChI=1S/C13H17BN4O/c1-6-11-10(7-15-16-8-13(3,4)5)12(19)18(14)9(2)17-11/h6-8H,1H2,2-5H3/b15-7-,16-8+. The Morgan fingerprint density at radius 1 is 1.37 bits per heavy atom. The Kier molecular flexibility index (Phi) is 4.59. The highest BCUT2D eigenvalue weighted by molar-refractivity contribution is 6.07. The number of hydrogen-bond acceptors (Lipinski definition) is 4. The molecular formula is C13H17BN4O. The number of aromatic nitrogens is 2. The highest BCUT2D eigenvalue weighted by atomic mass is 16.1. The minimum atomic E-state index is -0.378. The molecule has 0 aliphatic heterocycles. The zero-order valence-corrected chi connectivity index (χ0v) is 11.7. The molecule has 5 nitrogen and oxygen atoms in total. The fraction of sp³-hybridized carbons (Fsp3) is 0.385.